The largest absolute Gasteiger partial charge is 0.392 e. The fraction of sp³-hybridized carbons (Fsp3) is 0.765. The number of ether oxygens (including phenoxy) is 1. The van der Waals surface area contributed by atoms with Crippen molar-refractivity contribution in [1.29, 1.82) is 0 Å². The van der Waals surface area contributed by atoms with E-state index >= 15 is 0 Å². The third-order valence-electron chi connectivity index (χ3n) is 5.69. The quantitative estimate of drug-likeness (QED) is 0.382. The average Bonchev–Trinajstić information content (AvgIpc) is 2.65. The Hall–Kier alpha value is -1.12. The Morgan fingerprint density at radius 1 is 0.700 bits per heavy atom. The van der Waals surface area contributed by atoms with Crippen LogP contribution in [0.5, 0.6) is 0 Å². The van der Waals surface area contributed by atoms with Gasteiger partial charge in [0.1, 0.15) is 0 Å². The van der Waals surface area contributed by atoms with Gasteiger partial charge in [-0.3, -0.25) is 9.59 Å². The highest BCUT2D eigenvalue weighted by molar-refractivity contribution is 6.02. The van der Waals surface area contributed by atoms with Crippen LogP contribution in [0.25, 0.3) is 0 Å². The molecule has 0 aromatic rings. The number of carbonyl (C=O) groups is 2. The van der Waals surface area contributed by atoms with Crippen molar-refractivity contribution >= 4 is 11.9 Å². The zero-order chi connectivity index (χ0) is 14.1. The van der Waals surface area contributed by atoms with Crippen LogP contribution in [0.3, 0.4) is 0 Å². The van der Waals surface area contributed by atoms with E-state index in [1.54, 1.807) is 0 Å². The van der Waals surface area contributed by atoms with Crippen LogP contribution in [0, 0.1) is 10.8 Å². The van der Waals surface area contributed by atoms with Gasteiger partial charge < -0.3 is 4.74 Å². The van der Waals surface area contributed by atoms with Gasteiger partial charge in [0.05, 0.1) is 10.8 Å². The molecule has 0 N–H and O–H groups in total. The molecule has 3 rings (SSSR count). The summed E-state index contributed by atoms with van der Waals surface area (Å²) in [4.78, 5) is 24.9. The van der Waals surface area contributed by atoms with Gasteiger partial charge in [-0.05, 0) is 25.7 Å². The zero-order valence-corrected chi connectivity index (χ0v) is 12.2. The van der Waals surface area contributed by atoms with Crippen LogP contribution in [0.15, 0.2) is 12.2 Å². The summed E-state index contributed by atoms with van der Waals surface area (Å²) < 4.78 is 5.14. The predicted octanol–water partition coefficient (Wildman–Crippen LogP) is 3.92. The number of carbonyl (C=O) groups excluding carboxylic acids is 2. The maximum Gasteiger partial charge on any atom is 0.321 e. The maximum atomic E-state index is 12.4. The minimum atomic E-state index is -0.552. The van der Waals surface area contributed by atoms with Gasteiger partial charge >= 0.3 is 11.9 Å². The standard InChI is InChI=1S/C17H24O3/c18-14-16-10-6-4-2-1-3-5-7-11-17(16,15(19)20-14)13-9-8-12-16/h8-9H,1-7,10-13H2/t16-,17-/m0/s1. The molecule has 1 saturated heterocycles. The highest BCUT2D eigenvalue weighted by Crippen LogP contribution is 2.59. The molecule has 2 fully saturated rings. The van der Waals surface area contributed by atoms with E-state index in [4.69, 9.17) is 4.74 Å². The summed E-state index contributed by atoms with van der Waals surface area (Å²) in [6.45, 7) is 0. The molecule has 20 heavy (non-hydrogen) atoms. The predicted molar refractivity (Wildman–Crippen MR) is 75.9 cm³/mol. The number of hydrogen-bond donors (Lipinski definition) is 0. The fourth-order valence-electron chi connectivity index (χ4n) is 4.42. The third-order valence-corrected chi connectivity index (χ3v) is 5.69. The Balaban J connectivity index is 1.97. The van der Waals surface area contributed by atoms with Gasteiger partial charge in [0, 0.05) is 0 Å². The van der Waals surface area contributed by atoms with Gasteiger partial charge in [-0.1, -0.05) is 57.1 Å². The number of allylic oxidation sites excluding steroid dienone is 2. The third kappa shape index (κ3) is 1.94. The van der Waals surface area contributed by atoms with Crippen LogP contribution in [-0.4, -0.2) is 11.9 Å². The van der Waals surface area contributed by atoms with Gasteiger partial charge in [-0.2, -0.15) is 0 Å². The van der Waals surface area contributed by atoms with Crippen molar-refractivity contribution in [3.63, 3.8) is 0 Å². The Bertz CT molecular complexity index is 402. The maximum absolute atomic E-state index is 12.4. The Kier molecular flexibility index (Phi) is 3.70. The number of cyclic esters (lactones) is 2. The van der Waals surface area contributed by atoms with E-state index in [9.17, 15) is 9.59 Å². The summed E-state index contributed by atoms with van der Waals surface area (Å²) in [5, 5.41) is 0. The Morgan fingerprint density at radius 2 is 1.10 bits per heavy atom. The Morgan fingerprint density at radius 3 is 1.55 bits per heavy atom. The summed E-state index contributed by atoms with van der Waals surface area (Å²) in [7, 11) is 0. The molecule has 2 atom stereocenters. The lowest BCUT2D eigenvalue weighted by Crippen LogP contribution is -2.46. The van der Waals surface area contributed by atoms with Gasteiger partial charge in [0.25, 0.3) is 0 Å². The lowest BCUT2D eigenvalue weighted by atomic mass is 9.55. The molecule has 0 aromatic carbocycles. The van der Waals surface area contributed by atoms with Crippen LogP contribution in [0.4, 0.5) is 0 Å². The zero-order valence-electron chi connectivity index (χ0n) is 12.2. The molecule has 110 valence electrons. The average molecular weight is 276 g/mol. The van der Waals surface area contributed by atoms with Crippen LogP contribution < -0.4 is 0 Å². The van der Waals surface area contributed by atoms with Crippen LogP contribution >= 0.6 is 0 Å². The van der Waals surface area contributed by atoms with Gasteiger partial charge in [-0.15, -0.1) is 0 Å². The van der Waals surface area contributed by atoms with Gasteiger partial charge in [0.2, 0.25) is 0 Å². The highest BCUT2D eigenvalue weighted by atomic mass is 16.6. The molecule has 1 aliphatic heterocycles. The molecule has 0 aromatic heterocycles. The monoisotopic (exact) mass is 276 g/mol. The van der Waals surface area contributed by atoms with Crippen molar-refractivity contribution in [1.82, 2.24) is 0 Å². The van der Waals surface area contributed by atoms with Gasteiger partial charge in [-0.25, -0.2) is 0 Å². The summed E-state index contributed by atoms with van der Waals surface area (Å²) in [6, 6.07) is 0. The lowest BCUT2D eigenvalue weighted by molar-refractivity contribution is -0.156. The van der Waals surface area contributed by atoms with E-state index in [0.29, 0.717) is 12.8 Å². The molecule has 3 nitrogen and oxygen atoms in total. The molecule has 3 aliphatic rings. The molecule has 0 radical (unpaired) electrons. The highest BCUT2D eigenvalue weighted by Gasteiger charge is 2.66. The summed E-state index contributed by atoms with van der Waals surface area (Å²) in [6.07, 6.45) is 15.4. The normalized spacial score (nSPS) is 38.6. The minimum absolute atomic E-state index is 0.244. The van der Waals surface area contributed by atoms with Crippen molar-refractivity contribution in [2.75, 3.05) is 0 Å². The van der Waals surface area contributed by atoms with Gasteiger partial charge in [0.15, 0.2) is 0 Å². The smallest absolute Gasteiger partial charge is 0.321 e. The molecule has 0 amide bonds. The first-order valence-electron chi connectivity index (χ1n) is 8.13. The van der Waals surface area contributed by atoms with E-state index in [1.807, 2.05) is 0 Å². The topological polar surface area (TPSA) is 43.4 Å². The van der Waals surface area contributed by atoms with E-state index < -0.39 is 10.8 Å². The molecular formula is C17H24O3. The van der Waals surface area contributed by atoms with E-state index in [1.165, 1.54) is 32.1 Å². The fourth-order valence-corrected chi connectivity index (χ4v) is 4.42. The Labute approximate surface area is 120 Å². The van der Waals surface area contributed by atoms with Crippen molar-refractivity contribution in [3.05, 3.63) is 12.2 Å². The van der Waals surface area contributed by atoms with Crippen LogP contribution in [-0.2, 0) is 14.3 Å². The number of hydrogen-bond acceptors (Lipinski definition) is 3. The van der Waals surface area contributed by atoms with Crippen LogP contribution in [0.2, 0.25) is 0 Å². The minimum Gasteiger partial charge on any atom is -0.392 e. The number of esters is 2. The second kappa shape index (κ2) is 5.34. The molecule has 2 aliphatic carbocycles. The summed E-state index contributed by atoms with van der Waals surface area (Å²) in [5.74, 6) is -0.489. The molecule has 1 heterocycles. The van der Waals surface area contributed by atoms with Crippen molar-refractivity contribution < 1.29 is 14.3 Å². The first kappa shape index (κ1) is 13.8. The molecule has 3 heteroatoms. The first-order chi connectivity index (χ1) is 9.71. The van der Waals surface area contributed by atoms with E-state index in [2.05, 4.69) is 12.2 Å². The SMILES string of the molecule is O=C1OC(=O)[C@]23CC=CC[C@@]12CCCCCCCCC3. The molecule has 0 bridgehead atoms. The molecule has 0 spiro atoms. The first-order valence-corrected chi connectivity index (χ1v) is 8.13. The second-order valence-corrected chi connectivity index (χ2v) is 6.70. The summed E-state index contributed by atoms with van der Waals surface area (Å²) in [5.41, 5.74) is -1.10. The number of rotatable bonds is 0. The van der Waals surface area contributed by atoms with Crippen molar-refractivity contribution in [3.8, 4) is 0 Å². The van der Waals surface area contributed by atoms with Crippen molar-refractivity contribution in [2.45, 2.75) is 70.6 Å². The van der Waals surface area contributed by atoms with E-state index in [-0.39, 0.29) is 11.9 Å². The van der Waals surface area contributed by atoms with Crippen molar-refractivity contribution in [2.24, 2.45) is 10.8 Å². The molecule has 1 saturated carbocycles. The van der Waals surface area contributed by atoms with Crippen LogP contribution in [0.1, 0.15) is 70.6 Å². The van der Waals surface area contributed by atoms with E-state index in [0.717, 1.165) is 25.7 Å². The summed E-state index contributed by atoms with van der Waals surface area (Å²) >= 11 is 0. The molecule has 0 unspecified atom stereocenters. The second-order valence-electron chi connectivity index (χ2n) is 6.70. The molecular weight excluding hydrogens is 252 g/mol. The lowest BCUT2D eigenvalue weighted by Gasteiger charge is -2.41.